The van der Waals surface area contributed by atoms with Crippen molar-refractivity contribution < 1.29 is 14.3 Å². The third-order valence-electron chi connectivity index (χ3n) is 4.79. The predicted octanol–water partition coefficient (Wildman–Crippen LogP) is 2.76. The Labute approximate surface area is 174 Å². The lowest BCUT2D eigenvalue weighted by molar-refractivity contribution is -0.117. The molecule has 0 aliphatic heterocycles. The smallest absolute Gasteiger partial charge is 0.321 e. The molecule has 3 amide bonds. The lowest BCUT2D eigenvalue weighted by Gasteiger charge is -2.12. The van der Waals surface area contributed by atoms with Gasteiger partial charge in [-0.3, -0.25) is 14.7 Å². The number of ether oxygens (including phenoxy) is 1. The second kappa shape index (κ2) is 10.4. The zero-order valence-corrected chi connectivity index (χ0v) is 17.6. The lowest BCUT2D eigenvalue weighted by Crippen LogP contribution is -2.44. The summed E-state index contributed by atoms with van der Waals surface area (Å²) in [6, 6.07) is 7.77. The minimum Gasteiger partial charge on any atom is -0.383 e. The van der Waals surface area contributed by atoms with Crippen LogP contribution in [0.4, 0.5) is 4.79 Å². The topological polar surface area (TPSA) is 98.1 Å². The third kappa shape index (κ3) is 6.04. The average molecular weight is 418 g/mol. The fourth-order valence-corrected chi connectivity index (χ4v) is 4.13. The number of methoxy groups -OCH3 is 1. The number of hydrogen-bond donors (Lipinski definition) is 2. The highest BCUT2D eigenvalue weighted by molar-refractivity contribution is 7.99. The Balaban J connectivity index is 1.62. The van der Waals surface area contributed by atoms with E-state index in [2.05, 4.69) is 20.8 Å². The molecule has 1 aliphatic carbocycles. The Morgan fingerprint density at radius 1 is 1.28 bits per heavy atom. The molecule has 0 radical (unpaired) electrons. The Kier molecular flexibility index (Phi) is 7.65. The van der Waals surface area contributed by atoms with Crippen LogP contribution in [0.3, 0.4) is 0 Å². The van der Waals surface area contributed by atoms with E-state index >= 15 is 0 Å². The van der Waals surface area contributed by atoms with Crippen molar-refractivity contribution in [1.29, 1.82) is 0 Å². The van der Waals surface area contributed by atoms with E-state index in [0.717, 1.165) is 42.6 Å². The van der Waals surface area contributed by atoms with E-state index in [9.17, 15) is 9.59 Å². The fraction of sp³-hybridized carbons (Fsp3) is 0.500. The first-order valence-corrected chi connectivity index (χ1v) is 10.8. The van der Waals surface area contributed by atoms with E-state index in [0.29, 0.717) is 18.3 Å². The highest BCUT2D eigenvalue weighted by Gasteiger charge is 2.19. The SMILES string of the molecule is COCCn1c(SCC(=O)NC(=O)NC2CCCC2)nnc1-c1cccc(C)c1. The van der Waals surface area contributed by atoms with Crippen LogP contribution in [-0.4, -0.2) is 52.2 Å². The van der Waals surface area contributed by atoms with Gasteiger partial charge in [0.05, 0.1) is 18.9 Å². The first-order chi connectivity index (χ1) is 14.1. The summed E-state index contributed by atoms with van der Waals surface area (Å²) in [5.41, 5.74) is 2.09. The van der Waals surface area contributed by atoms with Crippen LogP contribution in [0.5, 0.6) is 0 Å². The van der Waals surface area contributed by atoms with Gasteiger partial charge in [-0.05, 0) is 25.8 Å². The maximum Gasteiger partial charge on any atom is 0.321 e. The second-order valence-electron chi connectivity index (χ2n) is 7.11. The van der Waals surface area contributed by atoms with E-state index in [1.54, 1.807) is 7.11 Å². The molecule has 3 rings (SSSR count). The van der Waals surface area contributed by atoms with Gasteiger partial charge in [0.1, 0.15) is 0 Å². The van der Waals surface area contributed by atoms with Gasteiger partial charge in [-0.15, -0.1) is 10.2 Å². The molecule has 0 saturated heterocycles. The molecular weight excluding hydrogens is 390 g/mol. The summed E-state index contributed by atoms with van der Waals surface area (Å²) < 4.78 is 7.15. The van der Waals surface area contributed by atoms with Crippen molar-refractivity contribution in [3.63, 3.8) is 0 Å². The number of aryl methyl sites for hydroxylation is 1. The first kappa shape index (κ1) is 21.3. The minimum absolute atomic E-state index is 0.0804. The molecule has 29 heavy (non-hydrogen) atoms. The molecule has 0 spiro atoms. The van der Waals surface area contributed by atoms with Crippen LogP contribution < -0.4 is 10.6 Å². The van der Waals surface area contributed by atoms with Gasteiger partial charge >= 0.3 is 6.03 Å². The normalized spacial score (nSPS) is 14.1. The Bertz CT molecular complexity index is 848. The molecule has 1 fully saturated rings. The summed E-state index contributed by atoms with van der Waals surface area (Å²) in [7, 11) is 1.64. The average Bonchev–Trinajstić information content (AvgIpc) is 3.34. The molecule has 1 heterocycles. The molecule has 1 saturated carbocycles. The Morgan fingerprint density at radius 3 is 2.79 bits per heavy atom. The van der Waals surface area contributed by atoms with Crippen molar-refractivity contribution in [2.75, 3.05) is 19.5 Å². The fourth-order valence-electron chi connectivity index (χ4n) is 3.36. The van der Waals surface area contributed by atoms with Crippen molar-refractivity contribution >= 4 is 23.7 Å². The Hall–Kier alpha value is -2.39. The summed E-state index contributed by atoms with van der Waals surface area (Å²) in [5, 5.41) is 14.4. The number of rotatable bonds is 8. The summed E-state index contributed by atoms with van der Waals surface area (Å²) in [4.78, 5) is 24.1. The molecule has 1 aromatic heterocycles. The number of benzene rings is 1. The molecular formula is C20H27N5O3S. The van der Waals surface area contributed by atoms with E-state index in [1.807, 2.05) is 35.8 Å². The molecule has 1 aromatic carbocycles. The standard InChI is InChI=1S/C20H27N5O3S/c1-14-6-5-7-15(12-14)18-23-24-20(25(18)10-11-28-2)29-13-17(26)22-19(27)21-16-8-3-4-9-16/h5-7,12,16H,3-4,8-11,13H2,1-2H3,(H2,21,22,26,27). The molecule has 0 unspecified atom stereocenters. The van der Waals surface area contributed by atoms with Crippen LogP contribution in [0.15, 0.2) is 29.4 Å². The molecule has 156 valence electrons. The van der Waals surface area contributed by atoms with E-state index in [-0.39, 0.29) is 17.7 Å². The van der Waals surface area contributed by atoms with Crippen LogP contribution >= 0.6 is 11.8 Å². The van der Waals surface area contributed by atoms with E-state index < -0.39 is 6.03 Å². The number of carbonyl (C=O) groups excluding carboxylic acids is 2. The first-order valence-electron chi connectivity index (χ1n) is 9.79. The molecule has 2 aromatic rings. The molecule has 0 bridgehead atoms. The van der Waals surface area contributed by atoms with Crippen molar-refractivity contribution in [1.82, 2.24) is 25.4 Å². The van der Waals surface area contributed by atoms with Crippen molar-refractivity contribution in [3.8, 4) is 11.4 Å². The summed E-state index contributed by atoms with van der Waals surface area (Å²) >= 11 is 1.25. The van der Waals surface area contributed by atoms with Gasteiger partial charge in [0, 0.05) is 18.7 Å². The van der Waals surface area contributed by atoms with Crippen LogP contribution in [0.2, 0.25) is 0 Å². The summed E-state index contributed by atoms with van der Waals surface area (Å²) in [5.74, 6) is 0.452. The van der Waals surface area contributed by atoms with Gasteiger partial charge in [-0.1, -0.05) is 48.4 Å². The van der Waals surface area contributed by atoms with Crippen LogP contribution in [0.1, 0.15) is 31.2 Å². The van der Waals surface area contributed by atoms with Gasteiger partial charge in [0.2, 0.25) is 5.91 Å². The Morgan fingerprint density at radius 2 is 2.07 bits per heavy atom. The van der Waals surface area contributed by atoms with E-state index in [1.165, 1.54) is 11.8 Å². The molecule has 1 aliphatic rings. The van der Waals surface area contributed by atoms with Gasteiger partial charge in [-0.2, -0.15) is 0 Å². The summed E-state index contributed by atoms with van der Waals surface area (Å²) in [6.45, 7) is 3.09. The second-order valence-corrected chi connectivity index (χ2v) is 8.05. The van der Waals surface area contributed by atoms with Crippen LogP contribution in [0.25, 0.3) is 11.4 Å². The van der Waals surface area contributed by atoms with Crippen LogP contribution in [-0.2, 0) is 16.1 Å². The monoisotopic (exact) mass is 417 g/mol. The number of nitrogens with one attached hydrogen (secondary N) is 2. The predicted molar refractivity (Wildman–Crippen MR) is 112 cm³/mol. The zero-order valence-electron chi connectivity index (χ0n) is 16.8. The van der Waals surface area contributed by atoms with Gasteiger partial charge < -0.3 is 10.1 Å². The summed E-state index contributed by atoms with van der Waals surface area (Å²) in [6.07, 6.45) is 4.19. The molecule has 9 heteroatoms. The lowest BCUT2D eigenvalue weighted by atomic mass is 10.1. The number of thioether (sulfide) groups is 1. The van der Waals surface area contributed by atoms with Crippen LogP contribution in [0, 0.1) is 6.92 Å². The molecule has 2 N–H and O–H groups in total. The van der Waals surface area contributed by atoms with Gasteiger partial charge in [0.15, 0.2) is 11.0 Å². The number of urea groups is 1. The van der Waals surface area contributed by atoms with Crippen molar-refractivity contribution in [2.24, 2.45) is 0 Å². The number of imide groups is 1. The largest absolute Gasteiger partial charge is 0.383 e. The molecule has 0 atom stereocenters. The number of nitrogens with zero attached hydrogens (tertiary/aromatic N) is 3. The highest BCUT2D eigenvalue weighted by Crippen LogP contribution is 2.24. The van der Waals surface area contributed by atoms with Gasteiger partial charge in [0.25, 0.3) is 0 Å². The minimum atomic E-state index is -0.427. The molecule has 8 nitrogen and oxygen atoms in total. The third-order valence-corrected chi connectivity index (χ3v) is 5.75. The zero-order chi connectivity index (χ0) is 20.6. The van der Waals surface area contributed by atoms with Crippen molar-refractivity contribution in [2.45, 2.75) is 50.4 Å². The number of hydrogen-bond acceptors (Lipinski definition) is 6. The maximum absolute atomic E-state index is 12.2. The highest BCUT2D eigenvalue weighted by atomic mass is 32.2. The number of carbonyl (C=O) groups is 2. The van der Waals surface area contributed by atoms with Gasteiger partial charge in [-0.25, -0.2) is 4.79 Å². The number of amides is 3. The van der Waals surface area contributed by atoms with E-state index in [4.69, 9.17) is 4.74 Å². The maximum atomic E-state index is 12.2. The number of aromatic nitrogens is 3. The quantitative estimate of drug-likeness (QED) is 0.641. The van der Waals surface area contributed by atoms with Crippen molar-refractivity contribution in [3.05, 3.63) is 29.8 Å².